The molecule has 0 saturated heterocycles. The monoisotopic (exact) mass is 217 g/mol. The fourth-order valence-corrected chi connectivity index (χ4v) is 2.58. The molecule has 0 N–H and O–H groups in total. The summed E-state index contributed by atoms with van der Waals surface area (Å²) in [5.41, 5.74) is 4.82. The van der Waals surface area contributed by atoms with Gasteiger partial charge in [-0.2, -0.15) is 4.37 Å². The van der Waals surface area contributed by atoms with Gasteiger partial charge in [0.25, 0.3) is 0 Å². The Labute approximate surface area is 91.5 Å². The first-order valence-electron chi connectivity index (χ1n) is 4.88. The quantitative estimate of drug-likeness (QED) is 0.579. The zero-order valence-electron chi connectivity index (χ0n) is 8.90. The van der Waals surface area contributed by atoms with Gasteiger partial charge in [0, 0.05) is 11.5 Å². The average Bonchev–Trinajstić information content (AvgIpc) is 2.69. The van der Waals surface area contributed by atoms with E-state index in [-0.39, 0.29) is 0 Å². The van der Waals surface area contributed by atoms with Crippen LogP contribution in [-0.2, 0) is 0 Å². The van der Waals surface area contributed by atoms with Gasteiger partial charge in [-0.15, -0.1) is 0 Å². The molecule has 0 amide bonds. The Balaban J connectivity index is 2.57. The van der Waals surface area contributed by atoms with Crippen LogP contribution in [0.1, 0.15) is 17.0 Å². The van der Waals surface area contributed by atoms with Crippen molar-refractivity contribution in [3.8, 4) is 0 Å². The first-order valence-corrected chi connectivity index (χ1v) is 5.66. The molecule has 0 bridgehead atoms. The van der Waals surface area contributed by atoms with Crippen molar-refractivity contribution in [1.82, 2.24) is 13.8 Å². The molecule has 0 saturated carbocycles. The zero-order valence-corrected chi connectivity index (χ0v) is 9.72. The lowest BCUT2D eigenvalue weighted by atomic mass is 10.1. The van der Waals surface area contributed by atoms with E-state index in [1.54, 1.807) is 0 Å². The molecule has 76 valence electrons. The van der Waals surface area contributed by atoms with Gasteiger partial charge in [0.1, 0.15) is 5.82 Å². The number of imidazole rings is 1. The predicted octanol–water partition coefficient (Wildman–Crippen LogP) is 2.87. The van der Waals surface area contributed by atoms with Crippen LogP contribution < -0.4 is 0 Å². The highest BCUT2D eigenvalue weighted by atomic mass is 32.1. The Morgan fingerprint density at radius 2 is 1.87 bits per heavy atom. The Morgan fingerprint density at radius 1 is 1.13 bits per heavy atom. The lowest BCUT2D eigenvalue weighted by Crippen LogP contribution is -1.87. The minimum absolute atomic E-state index is 0.979. The summed E-state index contributed by atoms with van der Waals surface area (Å²) in [4.78, 5) is 5.54. The SMILES string of the molecule is Cc1cc2nc3snc(C)n3c2cc1C. The van der Waals surface area contributed by atoms with E-state index in [9.17, 15) is 0 Å². The van der Waals surface area contributed by atoms with Crippen LogP contribution in [0.25, 0.3) is 16.0 Å². The third-order valence-electron chi connectivity index (χ3n) is 2.82. The van der Waals surface area contributed by atoms with Crippen LogP contribution >= 0.6 is 11.5 Å². The van der Waals surface area contributed by atoms with Crippen molar-refractivity contribution in [1.29, 1.82) is 0 Å². The molecule has 0 aliphatic carbocycles. The van der Waals surface area contributed by atoms with Gasteiger partial charge in [-0.25, -0.2) is 4.98 Å². The summed E-state index contributed by atoms with van der Waals surface area (Å²) < 4.78 is 6.42. The molecule has 0 aliphatic rings. The van der Waals surface area contributed by atoms with Crippen LogP contribution in [-0.4, -0.2) is 13.8 Å². The van der Waals surface area contributed by atoms with E-state index in [2.05, 4.69) is 39.7 Å². The third-order valence-corrected chi connectivity index (χ3v) is 3.61. The molecule has 0 spiro atoms. The van der Waals surface area contributed by atoms with Crippen LogP contribution in [0.2, 0.25) is 0 Å². The first-order chi connectivity index (χ1) is 7.16. The number of hydrogen-bond donors (Lipinski definition) is 0. The summed E-state index contributed by atoms with van der Waals surface area (Å²) in [5.74, 6) is 1.01. The maximum atomic E-state index is 4.56. The molecule has 2 aromatic heterocycles. The van der Waals surface area contributed by atoms with Crippen molar-refractivity contribution in [3.63, 3.8) is 0 Å². The fourth-order valence-electron chi connectivity index (χ4n) is 1.83. The summed E-state index contributed by atoms with van der Waals surface area (Å²) in [6.07, 6.45) is 0. The topological polar surface area (TPSA) is 30.2 Å². The molecule has 3 nitrogen and oxygen atoms in total. The minimum Gasteiger partial charge on any atom is -0.270 e. The molecule has 3 rings (SSSR count). The molecule has 0 fully saturated rings. The lowest BCUT2D eigenvalue weighted by molar-refractivity contribution is 1.09. The maximum Gasteiger partial charge on any atom is 0.214 e. The first kappa shape index (κ1) is 8.85. The van der Waals surface area contributed by atoms with E-state index in [4.69, 9.17) is 0 Å². The minimum atomic E-state index is 0.979. The van der Waals surface area contributed by atoms with Gasteiger partial charge in [0.15, 0.2) is 0 Å². The number of fused-ring (bicyclic) bond motifs is 3. The summed E-state index contributed by atoms with van der Waals surface area (Å²) >= 11 is 1.45. The highest BCUT2D eigenvalue weighted by Gasteiger charge is 2.10. The Bertz CT molecular complexity index is 663. The highest BCUT2D eigenvalue weighted by molar-refractivity contribution is 7.11. The zero-order chi connectivity index (χ0) is 10.6. The Kier molecular flexibility index (Phi) is 1.65. The third kappa shape index (κ3) is 1.11. The number of aromatic nitrogens is 3. The fraction of sp³-hybridized carbons (Fsp3) is 0.273. The van der Waals surface area contributed by atoms with Gasteiger partial charge in [-0.1, -0.05) is 0 Å². The summed E-state index contributed by atoms with van der Waals surface area (Å²) in [7, 11) is 0. The molecule has 3 aromatic rings. The van der Waals surface area contributed by atoms with Crippen molar-refractivity contribution in [2.45, 2.75) is 20.8 Å². The molecule has 0 unspecified atom stereocenters. The van der Waals surface area contributed by atoms with E-state index < -0.39 is 0 Å². The highest BCUT2D eigenvalue weighted by Crippen LogP contribution is 2.23. The second kappa shape index (κ2) is 2.79. The molecular formula is C11H11N3S. The van der Waals surface area contributed by atoms with E-state index >= 15 is 0 Å². The van der Waals surface area contributed by atoms with Crippen molar-refractivity contribution < 1.29 is 0 Å². The van der Waals surface area contributed by atoms with Crippen LogP contribution in [0.3, 0.4) is 0 Å². The molecule has 0 radical (unpaired) electrons. The van der Waals surface area contributed by atoms with Crippen LogP contribution in [0, 0.1) is 20.8 Å². The summed E-state index contributed by atoms with van der Waals surface area (Å²) in [5, 5.41) is 0. The number of rotatable bonds is 0. The van der Waals surface area contributed by atoms with Gasteiger partial charge >= 0.3 is 0 Å². The number of nitrogens with zero attached hydrogens (tertiary/aromatic N) is 3. The van der Waals surface area contributed by atoms with Gasteiger partial charge in [0.2, 0.25) is 4.96 Å². The predicted molar refractivity (Wildman–Crippen MR) is 62.6 cm³/mol. The molecule has 0 aliphatic heterocycles. The van der Waals surface area contributed by atoms with Crippen molar-refractivity contribution in [2.75, 3.05) is 0 Å². The van der Waals surface area contributed by atoms with Gasteiger partial charge < -0.3 is 0 Å². The van der Waals surface area contributed by atoms with Crippen LogP contribution in [0.5, 0.6) is 0 Å². The van der Waals surface area contributed by atoms with E-state index in [1.807, 2.05) is 6.92 Å². The normalized spacial score (nSPS) is 11.7. The largest absolute Gasteiger partial charge is 0.270 e. The van der Waals surface area contributed by atoms with Crippen LogP contribution in [0.15, 0.2) is 12.1 Å². The maximum absolute atomic E-state index is 4.56. The average molecular weight is 217 g/mol. The standard InChI is InChI=1S/C11H11N3S/c1-6-4-9-10(5-7(6)2)14-8(3)13-15-11(14)12-9/h4-5H,1-3H3. The second-order valence-electron chi connectivity index (χ2n) is 3.88. The molecular weight excluding hydrogens is 206 g/mol. The molecule has 4 heteroatoms. The molecule has 1 aromatic carbocycles. The van der Waals surface area contributed by atoms with Gasteiger partial charge in [-0.3, -0.25) is 4.40 Å². The number of aryl methyl sites for hydroxylation is 3. The molecule has 15 heavy (non-hydrogen) atoms. The van der Waals surface area contributed by atoms with Gasteiger partial charge in [-0.05, 0) is 44.0 Å². The summed E-state index contributed by atoms with van der Waals surface area (Å²) in [6.45, 7) is 6.26. The second-order valence-corrected chi connectivity index (χ2v) is 4.62. The van der Waals surface area contributed by atoms with Crippen molar-refractivity contribution in [3.05, 3.63) is 29.1 Å². The number of hydrogen-bond acceptors (Lipinski definition) is 3. The lowest BCUT2D eigenvalue weighted by Gasteiger charge is -1.99. The Hall–Kier alpha value is -1.42. The van der Waals surface area contributed by atoms with E-state index in [0.717, 1.165) is 16.3 Å². The van der Waals surface area contributed by atoms with E-state index in [1.165, 1.54) is 28.2 Å². The van der Waals surface area contributed by atoms with Crippen molar-refractivity contribution in [2.24, 2.45) is 0 Å². The Morgan fingerprint density at radius 3 is 2.67 bits per heavy atom. The molecule has 2 heterocycles. The van der Waals surface area contributed by atoms with Crippen molar-refractivity contribution >= 4 is 27.5 Å². The summed E-state index contributed by atoms with van der Waals surface area (Å²) in [6, 6.07) is 4.33. The van der Waals surface area contributed by atoms with Crippen LogP contribution in [0.4, 0.5) is 0 Å². The molecule has 0 atom stereocenters. The van der Waals surface area contributed by atoms with E-state index in [0.29, 0.717) is 0 Å². The smallest absolute Gasteiger partial charge is 0.214 e. The van der Waals surface area contributed by atoms with Gasteiger partial charge in [0.05, 0.1) is 11.0 Å². The number of benzene rings is 1.